The highest BCUT2D eigenvalue weighted by Gasteiger charge is 2.33. The van der Waals surface area contributed by atoms with Gasteiger partial charge < -0.3 is 30.7 Å². The molecule has 678 valence electrons. The van der Waals surface area contributed by atoms with Crippen molar-refractivity contribution in [1.29, 1.82) is 0 Å². The molecule has 136 heavy (non-hydrogen) atoms. The van der Waals surface area contributed by atoms with E-state index in [1.165, 1.54) is 78.4 Å². The second kappa shape index (κ2) is 44.0. The topological polar surface area (TPSA) is 326 Å². The lowest BCUT2D eigenvalue weighted by molar-refractivity contribution is -0.114. The summed E-state index contributed by atoms with van der Waals surface area (Å²) in [6, 6.07) is 72.3. The Bertz CT molecular complexity index is 7430. The molecule has 5 unspecified atom stereocenters. The number of carbonyl (C=O) groups is 1. The first-order valence-electron chi connectivity index (χ1n) is 42.7. The van der Waals surface area contributed by atoms with Crippen molar-refractivity contribution >= 4 is 169 Å². The van der Waals surface area contributed by atoms with E-state index in [1.54, 1.807) is 113 Å². The third-order valence-electron chi connectivity index (χ3n) is 22.3. The van der Waals surface area contributed by atoms with E-state index in [-0.39, 0.29) is 17.0 Å². The minimum atomic E-state index is -0.994. The van der Waals surface area contributed by atoms with E-state index in [1.807, 2.05) is 175 Å². The number of hydrogen-bond acceptors (Lipinski definition) is 25. The lowest BCUT2D eigenvalue weighted by atomic mass is 9.95. The quantitative estimate of drug-likeness (QED) is 0.0313. The number of nitrogens with zero attached hydrogens (tertiary/aromatic N) is 14. The Morgan fingerprint density at radius 1 is 0.456 bits per heavy atom. The third kappa shape index (κ3) is 22.0. The summed E-state index contributed by atoms with van der Waals surface area (Å²) >= 11 is 28.4. The van der Waals surface area contributed by atoms with Crippen molar-refractivity contribution < 1.29 is 29.6 Å². The summed E-state index contributed by atoms with van der Waals surface area (Å²) in [6.07, 6.45) is 22.9. The maximum atomic E-state index is 13.8. The number of aromatic amines is 3. The zero-order valence-electron chi connectivity index (χ0n) is 71.9. The van der Waals surface area contributed by atoms with Crippen LogP contribution in [0.1, 0.15) is 128 Å². The molecule has 16 heterocycles. The molecular weight excluding hydrogens is 2000 g/mol. The summed E-state index contributed by atoms with van der Waals surface area (Å²) in [6.45, 7) is 3.59. The first-order chi connectivity index (χ1) is 66.5. The van der Waals surface area contributed by atoms with Gasteiger partial charge in [0.25, 0.3) is 0 Å². The molecule has 5 atom stereocenters. The van der Waals surface area contributed by atoms with Gasteiger partial charge in [0, 0.05) is 159 Å². The molecule has 0 spiro atoms. The normalized spacial score (nSPS) is 13.8. The number of H-pyrrole nitrogens is 3. The monoisotopic (exact) mass is 2070 g/mol. The lowest BCUT2D eigenvalue weighted by Gasteiger charge is -2.28. The summed E-state index contributed by atoms with van der Waals surface area (Å²) in [5.74, 6) is 2.03. The van der Waals surface area contributed by atoms with Crippen LogP contribution in [0, 0.1) is 5.82 Å². The molecule has 0 bridgehead atoms. The lowest BCUT2D eigenvalue weighted by Crippen LogP contribution is -2.26. The van der Waals surface area contributed by atoms with Crippen molar-refractivity contribution in [3.63, 3.8) is 0 Å². The van der Waals surface area contributed by atoms with E-state index in [2.05, 4.69) is 165 Å². The number of carbonyl (C=O) groups excluding carboxylic acids is 1. The van der Waals surface area contributed by atoms with E-state index in [0.29, 0.717) is 41.4 Å². The maximum Gasteiger partial charge on any atom is 0.222 e. The molecule has 1 amide bonds. The van der Waals surface area contributed by atoms with Crippen LogP contribution in [0.2, 0.25) is 10.0 Å². The van der Waals surface area contributed by atoms with Crippen LogP contribution in [0.25, 0.3) is 95.1 Å². The molecule has 1 fully saturated rings. The van der Waals surface area contributed by atoms with Crippen molar-refractivity contribution in [2.75, 3.05) is 18.4 Å². The summed E-state index contributed by atoms with van der Waals surface area (Å²) < 4.78 is 15.8. The Morgan fingerprint density at radius 3 is 1.47 bits per heavy atom. The molecule has 8 N–H and O–H groups in total. The Morgan fingerprint density at radius 2 is 0.949 bits per heavy atom. The number of likely N-dealkylation sites (tertiary alicyclic amines) is 1. The van der Waals surface area contributed by atoms with Gasteiger partial charge >= 0.3 is 0 Å². The van der Waals surface area contributed by atoms with Gasteiger partial charge in [0.05, 0.1) is 46.9 Å². The van der Waals surface area contributed by atoms with Crippen molar-refractivity contribution in [3.8, 4) is 84.3 Å². The highest BCUT2D eigenvalue weighted by atomic mass is 79.9. The second-order valence-corrected chi connectivity index (χ2v) is 40.0. The van der Waals surface area contributed by atoms with E-state index < -0.39 is 30.2 Å². The smallest absolute Gasteiger partial charge is 0.222 e. The van der Waals surface area contributed by atoms with Crippen molar-refractivity contribution in [3.05, 3.63) is 388 Å². The molecule has 22 rings (SSSR count). The SMILES string of the molecule is CC(=O)Nc1cc(-c2cc(C(c3ccc(Cl)cc3)N3CCCC3)c(-c3ncc[nH]3)s2)ccn1.OC(c1cc(-c2ccncc2)sc1-c1ncn[nH]1)c1cccc2ccccc12.OC(c1cc(Br)cs1)c1cc(-c2ccccc2)sc1-c1ncn[nH]1.OC(c1ccc(Br)cc1)c1cc(-c2ccncc2)sc1C1=NN=CC1.OC(c1ccc(Cl)c(F)c1)c1cc(-c2ccncc2)sc1C1=NN=CC1. The number of amides is 1. The first kappa shape index (κ1) is 93.7. The van der Waals surface area contributed by atoms with Crippen molar-refractivity contribution in [1.82, 2.24) is 65.2 Å². The zero-order valence-corrected chi connectivity index (χ0v) is 81.5. The molecule has 1 saturated heterocycles. The average molecular weight is 2080 g/mol. The Labute approximate surface area is 830 Å². The standard InChI is InChI=1S/C25H24ClN5OS.C22H16N4OS.C19H14BrN3OS.C19H13ClFN3OS.C17H12BrN3OS2/c1-16(32)30-22-14-18(8-9-27-22)21-15-20(24(33-21)25-28-10-11-29-25)23(31-12-2-3-13-31)17-4-6-19(26)7-5-17;27-20(17-7-3-5-14-4-1-2-6-16(14)17)18-12-19(15-8-10-23-11-9-15)28-21(18)22-24-13-25-26-22;20-14-3-1-13(2-4-14)18(24)15-11-17(12-5-8-21-9-6-12)25-19(15)16-7-10-22-23-16;20-14-2-1-12(9-15(14)21)18(25)13-10-17(11-3-6-22-7-4-11)26-19(13)16-5-8-23-24-16;18-11-6-14(23-8-11)15(22)12-7-13(10-4-2-1-3-5-10)24-16(12)17-19-9-20-21-17/h4-11,14-15,23H,2-3,12-13H2,1H3,(H,28,29)(H,27,30,32);1-13,20,27H,(H,24,25,26);1-6,8-11,18,24H,7H2;1-4,6-10,18,25H,5H2;1-9,15,22H,(H,19,20,21). The van der Waals surface area contributed by atoms with E-state index in [9.17, 15) is 29.6 Å². The van der Waals surface area contributed by atoms with Crippen molar-refractivity contribution in [2.45, 2.75) is 63.1 Å². The fraction of sp³-hybridized carbons (Fsp3) is 0.118. The number of rotatable bonds is 22. The van der Waals surface area contributed by atoms with Crippen molar-refractivity contribution in [2.24, 2.45) is 20.4 Å². The predicted molar refractivity (Wildman–Crippen MR) is 554 cm³/mol. The molecule has 6 aromatic carbocycles. The molecule has 0 saturated carbocycles. The van der Waals surface area contributed by atoms with Gasteiger partial charge in [-0.3, -0.25) is 34.8 Å². The van der Waals surface area contributed by atoms with Crippen LogP contribution in [-0.2, 0) is 4.79 Å². The number of thiophene rings is 6. The largest absolute Gasteiger partial charge is 0.384 e. The van der Waals surface area contributed by atoms with Gasteiger partial charge in [-0.2, -0.15) is 30.6 Å². The van der Waals surface area contributed by atoms with Crippen LogP contribution >= 0.6 is 123 Å². The molecule has 34 heteroatoms. The number of aromatic nitrogens is 12. The highest BCUT2D eigenvalue weighted by Crippen LogP contribution is 2.49. The van der Waals surface area contributed by atoms with Crippen LogP contribution in [0.15, 0.2) is 328 Å². The number of benzene rings is 6. The van der Waals surface area contributed by atoms with E-state index in [0.717, 1.165) is 164 Å². The predicted octanol–water partition coefficient (Wildman–Crippen LogP) is 25.6. The van der Waals surface area contributed by atoms with Gasteiger partial charge in [-0.1, -0.05) is 142 Å². The van der Waals surface area contributed by atoms with Gasteiger partial charge in [-0.25, -0.2) is 24.3 Å². The van der Waals surface area contributed by atoms with E-state index in [4.69, 9.17) is 23.2 Å². The zero-order chi connectivity index (χ0) is 93.5. The third-order valence-corrected chi connectivity index (χ3v) is 31.2. The van der Waals surface area contributed by atoms with Crippen LogP contribution in [0.4, 0.5) is 10.2 Å². The molecular formula is C102H79Br2Cl2FN18O5S6. The van der Waals surface area contributed by atoms with Crippen LogP contribution in [0.5, 0.6) is 0 Å². The molecule has 3 aliphatic heterocycles. The Hall–Kier alpha value is -12.7. The number of nitrogens with one attached hydrogen (secondary N) is 4. The number of pyridine rings is 4. The second-order valence-electron chi connectivity index (χ2n) is 31.1. The number of anilines is 1. The van der Waals surface area contributed by atoms with Gasteiger partial charge in [-0.15, -0.1) is 68.0 Å². The van der Waals surface area contributed by atoms with Crippen LogP contribution < -0.4 is 5.32 Å². The molecule has 19 aromatic rings. The molecule has 3 aliphatic rings. The number of imidazole rings is 1. The molecule has 0 radical (unpaired) electrons. The fourth-order valence-corrected chi connectivity index (χ4v) is 23.6. The molecule has 23 nitrogen and oxygen atoms in total. The molecule has 13 aromatic heterocycles. The van der Waals surface area contributed by atoms with Gasteiger partial charge in [0.2, 0.25) is 5.91 Å². The number of fused-ring (bicyclic) bond motifs is 1. The number of halogens is 5. The Balaban J connectivity index is 0.000000114. The van der Waals surface area contributed by atoms with Gasteiger partial charge in [0.1, 0.15) is 54.5 Å². The summed E-state index contributed by atoms with van der Waals surface area (Å²) in [5, 5.41) is 81.8. The maximum absolute atomic E-state index is 13.8. The number of aliphatic hydroxyl groups is 4. The highest BCUT2D eigenvalue weighted by molar-refractivity contribution is 9.10. The number of hydrogen-bond donors (Lipinski definition) is 8. The minimum absolute atomic E-state index is 0.0255. The van der Waals surface area contributed by atoms with Gasteiger partial charge in [-0.05, 0) is 230 Å². The fourth-order valence-electron chi connectivity index (χ4n) is 15.8. The summed E-state index contributed by atoms with van der Waals surface area (Å²) in [7, 11) is 0. The summed E-state index contributed by atoms with van der Waals surface area (Å²) in [4.78, 5) is 57.9. The minimum Gasteiger partial charge on any atom is -0.384 e. The van der Waals surface area contributed by atoms with E-state index >= 15 is 0 Å². The number of aliphatic hydroxyl groups excluding tert-OH is 4. The molecule has 0 aliphatic carbocycles. The average Bonchev–Trinajstić information content (AvgIpc) is 1.65. The Kier molecular flexibility index (Phi) is 30.3. The summed E-state index contributed by atoms with van der Waals surface area (Å²) in [5.41, 5.74) is 14.7. The van der Waals surface area contributed by atoms with Gasteiger partial charge in [0.15, 0.2) is 11.6 Å². The van der Waals surface area contributed by atoms with Crippen LogP contribution in [0.3, 0.4) is 0 Å². The first-order valence-corrected chi connectivity index (χ1v) is 50.0. The van der Waals surface area contributed by atoms with Crippen LogP contribution in [-0.4, -0.2) is 128 Å².